The molecule has 0 aromatic carbocycles. The fourth-order valence-corrected chi connectivity index (χ4v) is 1.82. The molecule has 0 fully saturated rings. The highest BCUT2D eigenvalue weighted by Crippen LogP contribution is 2.23. The molecule has 0 spiro atoms. The van der Waals surface area contributed by atoms with Crippen LogP contribution in [0.3, 0.4) is 0 Å². The molecule has 0 aliphatic rings. The Kier molecular flexibility index (Phi) is 4.35. The lowest BCUT2D eigenvalue weighted by atomic mass is 10.0. The van der Waals surface area contributed by atoms with E-state index < -0.39 is 0 Å². The van der Waals surface area contributed by atoms with Gasteiger partial charge in [-0.15, -0.1) is 0 Å². The first-order valence-electron chi connectivity index (χ1n) is 5.42. The van der Waals surface area contributed by atoms with Crippen molar-refractivity contribution < 1.29 is 0 Å². The summed E-state index contributed by atoms with van der Waals surface area (Å²) in [6.07, 6.45) is 2.63. The maximum absolute atomic E-state index is 5.83. The van der Waals surface area contributed by atoms with Crippen LogP contribution in [0.1, 0.15) is 27.2 Å². The van der Waals surface area contributed by atoms with Crippen LogP contribution in [-0.4, -0.2) is 23.1 Å². The smallest absolute Gasteiger partial charge is 0.224 e. The molecule has 1 atom stereocenters. The second-order valence-electron chi connectivity index (χ2n) is 4.51. The number of hydrogen-bond donors (Lipinski definition) is 1. The lowest BCUT2D eigenvalue weighted by Gasteiger charge is -2.28. The van der Waals surface area contributed by atoms with Crippen molar-refractivity contribution in [3.8, 4) is 0 Å². The Labute approximate surface area is 102 Å². The van der Waals surface area contributed by atoms with Gasteiger partial charge in [-0.25, -0.2) is 4.98 Å². The Hall–Kier alpha value is -1.03. The molecule has 4 nitrogen and oxygen atoms in total. The Balaban J connectivity index is 2.86. The Bertz CT molecular complexity index is 354. The van der Waals surface area contributed by atoms with Crippen LogP contribution in [0.15, 0.2) is 6.20 Å². The van der Waals surface area contributed by atoms with E-state index in [4.69, 9.17) is 17.3 Å². The molecule has 16 heavy (non-hydrogen) atoms. The predicted octanol–water partition coefficient (Wildman–Crippen LogP) is 2.58. The first-order valence-corrected chi connectivity index (χ1v) is 5.80. The summed E-state index contributed by atoms with van der Waals surface area (Å²) in [5, 5.41) is 0.229. The van der Waals surface area contributed by atoms with Crippen molar-refractivity contribution >= 4 is 23.1 Å². The van der Waals surface area contributed by atoms with Gasteiger partial charge in [0.1, 0.15) is 0 Å². The first kappa shape index (κ1) is 13.0. The average Bonchev–Trinajstić information content (AvgIpc) is 2.19. The van der Waals surface area contributed by atoms with Crippen molar-refractivity contribution in [1.82, 2.24) is 9.97 Å². The van der Waals surface area contributed by atoms with Crippen LogP contribution in [0.5, 0.6) is 0 Å². The van der Waals surface area contributed by atoms with Crippen LogP contribution < -0.4 is 10.6 Å². The van der Waals surface area contributed by atoms with E-state index in [0.717, 1.165) is 6.42 Å². The quantitative estimate of drug-likeness (QED) is 0.825. The van der Waals surface area contributed by atoms with E-state index in [-0.39, 0.29) is 5.28 Å². The highest BCUT2D eigenvalue weighted by molar-refractivity contribution is 6.28. The van der Waals surface area contributed by atoms with E-state index in [1.807, 2.05) is 11.9 Å². The zero-order valence-electron chi connectivity index (χ0n) is 10.2. The number of hydrogen-bond acceptors (Lipinski definition) is 4. The maximum atomic E-state index is 5.83. The second-order valence-corrected chi connectivity index (χ2v) is 4.85. The van der Waals surface area contributed by atoms with Crippen molar-refractivity contribution in [2.45, 2.75) is 33.2 Å². The van der Waals surface area contributed by atoms with Gasteiger partial charge in [-0.05, 0) is 30.9 Å². The summed E-state index contributed by atoms with van der Waals surface area (Å²) < 4.78 is 0. The van der Waals surface area contributed by atoms with Gasteiger partial charge in [-0.3, -0.25) is 0 Å². The summed E-state index contributed by atoms with van der Waals surface area (Å²) in [6.45, 7) is 6.54. The monoisotopic (exact) mass is 242 g/mol. The molecule has 0 saturated carbocycles. The van der Waals surface area contributed by atoms with Gasteiger partial charge in [0, 0.05) is 13.1 Å². The van der Waals surface area contributed by atoms with Crippen LogP contribution in [0.4, 0.5) is 11.5 Å². The van der Waals surface area contributed by atoms with Crippen LogP contribution in [0, 0.1) is 5.92 Å². The summed E-state index contributed by atoms with van der Waals surface area (Å²) in [5.41, 5.74) is 6.39. The molecular weight excluding hydrogens is 224 g/mol. The first-order chi connectivity index (χ1) is 7.41. The van der Waals surface area contributed by atoms with Crippen molar-refractivity contribution in [3.05, 3.63) is 11.5 Å². The summed E-state index contributed by atoms with van der Waals surface area (Å²) in [7, 11) is 1.97. The number of rotatable bonds is 4. The summed E-state index contributed by atoms with van der Waals surface area (Å²) >= 11 is 5.77. The molecule has 0 amide bonds. The zero-order valence-corrected chi connectivity index (χ0v) is 11.0. The van der Waals surface area contributed by atoms with Gasteiger partial charge in [-0.2, -0.15) is 4.98 Å². The highest BCUT2D eigenvalue weighted by atomic mass is 35.5. The van der Waals surface area contributed by atoms with Crippen LogP contribution in [0.2, 0.25) is 5.28 Å². The van der Waals surface area contributed by atoms with E-state index in [2.05, 4.69) is 30.7 Å². The average molecular weight is 243 g/mol. The number of aromatic nitrogens is 2. The Morgan fingerprint density at radius 3 is 2.62 bits per heavy atom. The van der Waals surface area contributed by atoms with E-state index in [1.54, 1.807) is 6.20 Å². The van der Waals surface area contributed by atoms with Gasteiger partial charge in [-0.1, -0.05) is 13.8 Å². The van der Waals surface area contributed by atoms with Crippen LogP contribution >= 0.6 is 11.6 Å². The van der Waals surface area contributed by atoms with Gasteiger partial charge >= 0.3 is 0 Å². The number of nitrogens with two attached hydrogens (primary N) is 1. The normalized spacial score (nSPS) is 12.9. The van der Waals surface area contributed by atoms with Crippen molar-refractivity contribution in [2.24, 2.45) is 5.92 Å². The summed E-state index contributed by atoms with van der Waals surface area (Å²) in [6, 6.07) is 0.369. The molecule has 2 N–H and O–H groups in total. The third kappa shape index (κ3) is 3.23. The largest absolute Gasteiger partial charge is 0.394 e. The lowest BCUT2D eigenvalue weighted by Crippen LogP contribution is -2.31. The molecule has 0 saturated heterocycles. The number of anilines is 2. The maximum Gasteiger partial charge on any atom is 0.224 e. The molecule has 5 heteroatoms. The molecule has 1 aromatic rings. The minimum atomic E-state index is 0.229. The SMILES string of the molecule is CC(C)CC(C)N(C)c1nc(Cl)ncc1N. The molecule has 0 radical (unpaired) electrons. The fourth-order valence-electron chi connectivity index (χ4n) is 1.69. The standard InChI is InChI=1S/C11H19ClN4/c1-7(2)5-8(3)16(4)10-9(13)6-14-11(12)15-10/h6-8H,5,13H2,1-4H3. The predicted molar refractivity (Wildman–Crippen MR) is 68.8 cm³/mol. The summed E-state index contributed by atoms with van der Waals surface area (Å²) in [5.74, 6) is 1.34. The molecule has 1 heterocycles. The third-order valence-electron chi connectivity index (χ3n) is 2.57. The zero-order chi connectivity index (χ0) is 12.3. The molecule has 1 aromatic heterocycles. The van der Waals surface area contributed by atoms with E-state index in [9.17, 15) is 0 Å². The molecule has 1 unspecified atom stereocenters. The number of nitrogens with zero attached hydrogens (tertiary/aromatic N) is 3. The second kappa shape index (κ2) is 5.34. The van der Waals surface area contributed by atoms with E-state index in [1.165, 1.54) is 0 Å². The minimum absolute atomic E-state index is 0.229. The topological polar surface area (TPSA) is 55.0 Å². The van der Waals surface area contributed by atoms with Crippen molar-refractivity contribution in [3.63, 3.8) is 0 Å². The van der Waals surface area contributed by atoms with Gasteiger partial charge < -0.3 is 10.6 Å². The molecule has 0 bridgehead atoms. The Morgan fingerprint density at radius 2 is 2.06 bits per heavy atom. The van der Waals surface area contributed by atoms with Crippen LogP contribution in [-0.2, 0) is 0 Å². The Morgan fingerprint density at radius 1 is 1.44 bits per heavy atom. The fraction of sp³-hybridized carbons (Fsp3) is 0.636. The molecule has 1 rings (SSSR count). The molecule has 0 aliphatic heterocycles. The van der Waals surface area contributed by atoms with Gasteiger partial charge in [0.25, 0.3) is 0 Å². The molecular formula is C11H19ClN4. The van der Waals surface area contributed by atoms with Crippen molar-refractivity contribution in [2.75, 3.05) is 17.7 Å². The van der Waals surface area contributed by atoms with E-state index >= 15 is 0 Å². The minimum Gasteiger partial charge on any atom is -0.394 e. The summed E-state index contributed by atoms with van der Waals surface area (Å²) in [4.78, 5) is 10.0. The van der Waals surface area contributed by atoms with E-state index in [0.29, 0.717) is 23.5 Å². The van der Waals surface area contributed by atoms with Crippen molar-refractivity contribution in [1.29, 1.82) is 0 Å². The highest BCUT2D eigenvalue weighted by Gasteiger charge is 2.15. The molecule has 0 aliphatic carbocycles. The van der Waals surface area contributed by atoms with Gasteiger partial charge in [0.2, 0.25) is 5.28 Å². The van der Waals surface area contributed by atoms with Crippen LogP contribution in [0.25, 0.3) is 0 Å². The molecule has 90 valence electrons. The van der Waals surface area contributed by atoms with Gasteiger partial charge in [0.05, 0.1) is 11.9 Å². The van der Waals surface area contributed by atoms with Gasteiger partial charge in [0.15, 0.2) is 5.82 Å². The number of halogens is 1. The lowest BCUT2D eigenvalue weighted by molar-refractivity contribution is 0.502. The third-order valence-corrected chi connectivity index (χ3v) is 2.76. The number of nitrogen functional groups attached to an aromatic ring is 1.